The highest BCUT2D eigenvalue weighted by atomic mass is 32.2. The number of nitrogens with one attached hydrogen (secondary N) is 1. The van der Waals surface area contributed by atoms with Crippen molar-refractivity contribution in [3.05, 3.63) is 41.4 Å². The number of nitrogens with two attached hydrogens (primary N) is 1. The molecule has 0 aliphatic heterocycles. The van der Waals surface area contributed by atoms with E-state index in [-0.39, 0.29) is 5.91 Å². The smallest absolute Gasteiger partial charge is 0.254 e. The zero-order chi connectivity index (χ0) is 15.1. The Morgan fingerprint density at radius 1 is 1.52 bits per heavy atom. The molecule has 7 heteroatoms. The molecule has 0 aromatic carbocycles. The Balaban J connectivity index is 2.00. The largest absolute Gasteiger partial charge is 0.361 e. The van der Waals surface area contributed by atoms with Gasteiger partial charge in [0.15, 0.2) is 0 Å². The van der Waals surface area contributed by atoms with Gasteiger partial charge in [0.05, 0.1) is 11.3 Å². The van der Waals surface area contributed by atoms with Crippen LogP contribution in [-0.2, 0) is 5.75 Å². The molecule has 2 rings (SSSR count). The van der Waals surface area contributed by atoms with Crippen molar-refractivity contribution in [2.45, 2.75) is 24.1 Å². The van der Waals surface area contributed by atoms with E-state index in [1.165, 1.54) is 11.8 Å². The Morgan fingerprint density at radius 2 is 2.38 bits per heavy atom. The molecule has 6 nitrogen and oxygen atoms in total. The van der Waals surface area contributed by atoms with E-state index in [0.717, 1.165) is 17.9 Å². The van der Waals surface area contributed by atoms with Crippen molar-refractivity contribution in [2.75, 3.05) is 13.1 Å². The van der Waals surface area contributed by atoms with Gasteiger partial charge in [-0.1, -0.05) is 16.9 Å². The van der Waals surface area contributed by atoms with Crippen LogP contribution in [0.2, 0.25) is 0 Å². The average molecular weight is 306 g/mol. The first-order chi connectivity index (χ1) is 10.2. The Hall–Kier alpha value is -1.86. The highest BCUT2D eigenvalue weighted by molar-refractivity contribution is 7.98. The van der Waals surface area contributed by atoms with Crippen LogP contribution in [0, 0.1) is 6.92 Å². The molecule has 0 radical (unpaired) electrons. The number of rotatable bonds is 7. The van der Waals surface area contributed by atoms with E-state index in [1.807, 2.05) is 13.0 Å². The van der Waals surface area contributed by atoms with Gasteiger partial charge in [-0.15, -0.1) is 0 Å². The van der Waals surface area contributed by atoms with Crippen molar-refractivity contribution in [3.63, 3.8) is 0 Å². The van der Waals surface area contributed by atoms with Gasteiger partial charge in [-0.2, -0.15) is 0 Å². The summed E-state index contributed by atoms with van der Waals surface area (Å²) in [6.07, 6.45) is 2.43. The van der Waals surface area contributed by atoms with Gasteiger partial charge in [0.25, 0.3) is 5.91 Å². The number of thioether (sulfide) groups is 1. The lowest BCUT2D eigenvalue weighted by Crippen LogP contribution is -2.26. The molecule has 3 N–H and O–H groups in total. The normalized spacial score (nSPS) is 10.6. The Labute approximate surface area is 127 Å². The molecule has 0 spiro atoms. The number of amides is 1. The molecule has 0 saturated heterocycles. The summed E-state index contributed by atoms with van der Waals surface area (Å²) in [6.45, 7) is 2.97. The maximum atomic E-state index is 12.1. The van der Waals surface area contributed by atoms with Crippen molar-refractivity contribution in [1.82, 2.24) is 15.5 Å². The molecule has 2 heterocycles. The average Bonchev–Trinajstić information content (AvgIpc) is 2.91. The summed E-state index contributed by atoms with van der Waals surface area (Å²) in [5.41, 5.74) is 6.81. The van der Waals surface area contributed by atoms with Gasteiger partial charge < -0.3 is 15.6 Å². The molecule has 2 aromatic rings. The fourth-order valence-corrected chi connectivity index (χ4v) is 2.58. The molecule has 0 bridgehead atoms. The topological polar surface area (TPSA) is 94.0 Å². The number of pyridine rings is 1. The maximum absolute atomic E-state index is 12.1. The van der Waals surface area contributed by atoms with Gasteiger partial charge >= 0.3 is 0 Å². The summed E-state index contributed by atoms with van der Waals surface area (Å²) in [6, 6.07) is 5.39. The fraction of sp³-hybridized carbons (Fsp3) is 0.357. The lowest BCUT2D eigenvalue weighted by molar-refractivity contribution is 0.0950. The van der Waals surface area contributed by atoms with Crippen molar-refractivity contribution < 1.29 is 9.32 Å². The van der Waals surface area contributed by atoms with Crippen LogP contribution in [0.5, 0.6) is 0 Å². The van der Waals surface area contributed by atoms with Crippen LogP contribution in [0.3, 0.4) is 0 Å². The maximum Gasteiger partial charge on any atom is 0.254 e. The van der Waals surface area contributed by atoms with E-state index in [2.05, 4.69) is 15.5 Å². The second-order valence-electron chi connectivity index (χ2n) is 4.47. The van der Waals surface area contributed by atoms with Crippen LogP contribution in [0.1, 0.15) is 28.2 Å². The molecule has 0 aliphatic rings. The van der Waals surface area contributed by atoms with Crippen molar-refractivity contribution >= 4 is 17.7 Å². The summed E-state index contributed by atoms with van der Waals surface area (Å²) >= 11 is 1.46. The van der Waals surface area contributed by atoms with Gasteiger partial charge in [-0.3, -0.25) is 4.79 Å². The first-order valence-electron chi connectivity index (χ1n) is 6.69. The minimum atomic E-state index is -0.129. The quantitative estimate of drug-likeness (QED) is 0.598. The predicted molar refractivity (Wildman–Crippen MR) is 81.0 cm³/mol. The summed E-state index contributed by atoms with van der Waals surface area (Å²) < 4.78 is 5.02. The summed E-state index contributed by atoms with van der Waals surface area (Å²) in [5, 5.41) is 7.45. The van der Waals surface area contributed by atoms with Crippen molar-refractivity contribution in [3.8, 4) is 0 Å². The lowest BCUT2D eigenvalue weighted by atomic mass is 10.2. The first-order valence-corrected chi connectivity index (χ1v) is 7.67. The Kier molecular flexibility index (Phi) is 5.77. The molecular weight excluding hydrogens is 288 g/mol. The van der Waals surface area contributed by atoms with E-state index < -0.39 is 0 Å². The number of hydrogen-bond donors (Lipinski definition) is 2. The fourth-order valence-electron chi connectivity index (χ4n) is 1.71. The Morgan fingerprint density at radius 3 is 3.10 bits per heavy atom. The summed E-state index contributed by atoms with van der Waals surface area (Å²) in [4.78, 5) is 16.4. The highest BCUT2D eigenvalue weighted by Gasteiger charge is 2.13. The SMILES string of the molecule is Cc1cc(CSc2ncccc2C(=O)NCCCN)no1. The second kappa shape index (κ2) is 7.80. The molecule has 21 heavy (non-hydrogen) atoms. The summed E-state index contributed by atoms with van der Waals surface area (Å²) in [5.74, 6) is 1.25. The molecule has 0 atom stereocenters. The third-order valence-corrected chi connectivity index (χ3v) is 3.75. The van der Waals surface area contributed by atoms with Crippen molar-refractivity contribution in [2.24, 2.45) is 5.73 Å². The zero-order valence-electron chi connectivity index (χ0n) is 11.8. The number of carbonyl (C=O) groups excluding carboxylic acids is 1. The zero-order valence-corrected chi connectivity index (χ0v) is 12.7. The number of hydrogen-bond acceptors (Lipinski definition) is 6. The third-order valence-electron chi connectivity index (χ3n) is 2.72. The molecule has 112 valence electrons. The Bertz CT molecular complexity index is 600. The van der Waals surface area contributed by atoms with Gasteiger partial charge in [0.2, 0.25) is 0 Å². The molecule has 0 fully saturated rings. The molecule has 0 saturated carbocycles. The highest BCUT2D eigenvalue weighted by Crippen LogP contribution is 2.23. The van der Waals surface area contributed by atoms with Gasteiger partial charge in [0, 0.05) is 24.6 Å². The first kappa shape index (κ1) is 15.5. The van der Waals surface area contributed by atoms with Gasteiger partial charge in [0.1, 0.15) is 10.8 Å². The molecule has 2 aromatic heterocycles. The van der Waals surface area contributed by atoms with Crippen LogP contribution in [0.25, 0.3) is 0 Å². The van der Waals surface area contributed by atoms with Crippen molar-refractivity contribution in [1.29, 1.82) is 0 Å². The van der Waals surface area contributed by atoms with Crippen LogP contribution < -0.4 is 11.1 Å². The number of carbonyl (C=O) groups is 1. The molecule has 1 amide bonds. The van der Waals surface area contributed by atoms with Crippen LogP contribution in [0.4, 0.5) is 0 Å². The number of aromatic nitrogens is 2. The summed E-state index contributed by atoms with van der Waals surface area (Å²) in [7, 11) is 0. The minimum Gasteiger partial charge on any atom is -0.361 e. The van der Waals surface area contributed by atoms with E-state index in [9.17, 15) is 4.79 Å². The molecule has 0 aliphatic carbocycles. The van der Waals surface area contributed by atoms with E-state index in [1.54, 1.807) is 18.3 Å². The molecular formula is C14H18N4O2S. The molecule has 0 unspecified atom stereocenters. The van der Waals surface area contributed by atoms with E-state index >= 15 is 0 Å². The predicted octanol–water partition coefficient (Wildman–Crippen LogP) is 1.75. The van der Waals surface area contributed by atoms with Gasteiger partial charge in [-0.25, -0.2) is 4.98 Å². The van der Waals surface area contributed by atoms with E-state index in [4.69, 9.17) is 10.3 Å². The number of aryl methyl sites for hydroxylation is 1. The van der Waals surface area contributed by atoms with E-state index in [0.29, 0.717) is 29.4 Å². The van der Waals surface area contributed by atoms with Gasteiger partial charge in [-0.05, 0) is 32.0 Å². The van der Waals surface area contributed by atoms with Crippen LogP contribution >= 0.6 is 11.8 Å². The lowest BCUT2D eigenvalue weighted by Gasteiger charge is -2.08. The number of nitrogens with zero attached hydrogens (tertiary/aromatic N) is 2. The standard InChI is InChI=1S/C14H18N4O2S/c1-10-8-11(18-20-10)9-21-14-12(4-2-6-17-14)13(19)16-7-3-5-15/h2,4,6,8H,3,5,7,9,15H2,1H3,(H,16,19). The second-order valence-corrected chi connectivity index (χ2v) is 5.44. The van der Waals surface area contributed by atoms with Crippen LogP contribution in [0.15, 0.2) is 33.9 Å². The minimum absolute atomic E-state index is 0.129. The van der Waals surface area contributed by atoms with Crippen LogP contribution in [-0.4, -0.2) is 29.1 Å². The third kappa shape index (κ3) is 4.57. The monoisotopic (exact) mass is 306 g/mol.